The van der Waals surface area contributed by atoms with E-state index in [0.717, 1.165) is 12.5 Å². The van der Waals surface area contributed by atoms with Crippen molar-refractivity contribution in [1.29, 1.82) is 0 Å². The fourth-order valence-corrected chi connectivity index (χ4v) is 12.0. The highest BCUT2D eigenvalue weighted by molar-refractivity contribution is 6.84. The number of hydrogen-bond donors (Lipinski definition) is 1. The Morgan fingerprint density at radius 2 is 1.39 bits per heavy atom. The highest BCUT2D eigenvalue weighted by Gasteiger charge is 2.31. The average molecular weight is 510 g/mol. The molecule has 0 radical (unpaired) electrons. The van der Waals surface area contributed by atoms with Crippen LogP contribution in [-0.4, -0.2) is 61.7 Å². The molecule has 1 amide bonds. The first kappa shape index (κ1) is 39.1. The van der Waals surface area contributed by atoms with E-state index in [1.165, 1.54) is 18.9 Å². The monoisotopic (exact) mass is 509 g/mol. The maximum absolute atomic E-state index is 11.6. The molecule has 0 atom stereocenters. The Labute approximate surface area is 207 Å². The van der Waals surface area contributed by atoms with Gasteiger partial charge in [-0.2, -0.15) is 0 Å². The molecule has 0 aromatic rings. The number of hydrogen-bond acceptors (Lipinski definition) is 6. The lowest BCUT2D eigenvalue weighted by Crippen LogP contribution is -2.44. The van der Waals surface area contributed by atoms with E-state index in [-0.39, 0.29) is 35.5 Å². The molecule has 33 heavy (non-hydrogen) atoms. The Morgan fingerprint density at radius 1 is 0.818 bits per heavy atom. The molecule has 7 nitrogen and oxygen atoms in total. The first-order valence-electron chi connectivity index (χ1n) is 11.0. The van der Waals surface area contributed by atoms with Gasteiger partial charge in [0.1, 0.15) is 6.61 Å². The van der Waals surface area contributed by atoms with E-state index in [2.05, 4.69) is 45.0 Å². The molecule has 0 rings (SSSR count). The summed E-state index contributed by atoms with van der Waals surface area (Å²) in [5, 5.41) is 2.61. The summed E-state index contributed by atoms with van der Waals surface area (Å²) in [7, 11) is -3.21. The lowest BCUT2D eigenvalue weighted by atomic mass is 10.3. The minimum Gasteiger partial charge on any atom is -0.462 e. The summed E-state index contributed by atoms with van der Waals surface area (Å²) in [6, 6.07) is 2.31. The molecule has 0 aromatic heterocycles. The summed E-state index contributed by atoms with van der Waals surface area (Å²) in [5.41, 5.74) is 0.360. The van der Waals surface area contributed by atoms with Crippen molar-refractivity contribution in [1.82, 2.24) is 5.32 Å². The van der Waals surface area contributed by atoms with Gasteiger partial charge in [0.25, 0.3) is 0 Å². The van der Waals surface area contributed by atoms with Crippen molar-refractivity contribution in [2.24, 2.45) is 0 Å². The summed E-state index contributed by atoms with van der Waals surface area (Å²) in [4.78, 5) is 22.8. The van der Waals surface area contributed by atoms with E-state index >= 15 is 0 Å². The van der Waals surface area contributed by atoms with Gasteiger partial charge in [0, 0.05) is 18.7 Å². The van der Waals surface area contributed by atoms with Crippen LogP contribution in [0.1, 0.15) is 61.8 Å². The molecule has 0 fully saturated rings. The number of unbranched alkanes of at least 4 members (excludes halogenated alkanes) is 1. The average Bonchev–Trinajstić information content (AvgIpc) is 2.64. The van der Waals surface area contributed by atoms with Gasteiger partial charge in [-0.25, -0.2) is 9.59 Å². The summed E-state index contributed by atoms with van der Waals surface area (Å²) >= 11 is 0. The summed E-state index contributed by atoms with van der Waals surface area (Å²) in [6.07, 6.45) is 3.46. The molecule has 9 heteroatoms. The van der Waals surface area contributed by atoms with Crippen molar-refractivity contribution in [3.8, 4) is 0 Å². The summed E-state index contributed by atoms with van der Waals surface area (Å²) < 4.78 is 22.1. The van der Waals surface area contributed by atoms with Gasteiger partial charge < -0.3 is 23.6 Å². The van der Waals surface area contributed by atoms with Crippen LogP contribution in [0, 0.1) is 0 Å². The second-order valence-electron chi connectivity index (χ2n) is 8.77. The first-order chi connectivity index (χ1) is 14.0. The third kappa shape index (κ3) is 23.8. The zero-order valence-electron chi connectivity index (χ0n) is 19.9. The molecule has 0 bridgehead atoms. The third-order valence-corrected chi connectivity index (χ3v) is 11.9. The largest absolute Gasteiger partial charge is 0.462 e. The van der Waals surface area contributed by atoms with Crippen LogP contribution in [0.25, 0.3) is 0 Å². The highest BCUT2D eigenvalue weighted by Crippen LogP contribution is 2.24. The fourth-order valence-electron chi connectivity index (χ4n) is 2.95. The molecule has 0 unspecified atom stereocenters. The molecule has 200 valence electrons. The fraction of sp³-hybridized carbons (Fsp3) is 0.833. The second kappa shape index (κ2) is 21.4. The first-order valence-corrected chi connectivity index (χ1v) is 17.2. The quantitative estimate of drug-likeness (QED) is 0.101. The minimum absolute atomic E-state index is 0. The maximum atomic E-state index is 11.6. The van der Waals surface area contributed by atoms with Crippen molar-refractivity contribution >= 4 is 28.7 Å². The predicted octanol–water partition coefficient (Wildman–Crippen LogP) is 6.76. The molecule has 0 aromatic carbocycles. The van der Waals surface area contributed by atoms with E-state index in [4.69, 9.17) is 18.3 Å². The second-order valence-corrected chi connectivity index (χ2v) is 17.6. The van der Waals surface area contributed by atoms with E-state index in [1.807, 2.05) is 0 Å². The molecular formula is C24H55NO6Si2. The Balaban J connectivity index is -0.00000140. The molecule has 0 saturated heterocycles. The SMILES string of the molecule is C.C.C.C=C(C)C(=O)OCCCNC(=O)OCCOCCC[Si](C)(C)O[Si](C)(C)CCCC. The Hall–Kier alpha value is -1.17. The van der Waals surface area contributed by atoms with Crippen LogP contribution in [-0.2, 0) is 23.1 Å². The van der Waals surface area contributed by atoms with Crippen molar-refractivity contribution in [3.63, 3.8) is 0 Å². The zero-order chi connectivity index (χ0) is 23.0. The number of alkyl carbamates (subject to hydrolysis) is 1. The highest BCUT2D eigenvalue weighted by atomic mass is 28.4. The van der Waals surface area contributed by atoms with Gasteiger partial charge in [-0.1, -0.05) is 48.6 Å². The van der Waals surface area contributed by atoms with Gasteiger partial charge in [-0.15, -0.1) is 0 Å². The normalized spacial score (nSPS) is 10.7. The molecular weight excluding hydrogens is 454 g/mol. The van der Waals surface area contributed by atoms with Crippen molar-refractivity contribution in [2.75, 3.05) is 33.0 Å². The van der Waals surface area contributed by atoms with Gasteiger partial charge in [0.2, 0.25) is 0 Å². The minimum atomic E-state index is -1.66. The van der Waals surface area contributed by atoms with E-state index in [0.29, 0.717) is 31.8 Å². The summed E-state index contributed by atoms with van der Waals surface area (Å²) in [6.45, 7) is 18.4. The van der Waals surface area contributed by atoms with Gasteiger partial charge >= 0.3 is 12.1 Å². The van der Waals surface area contributed by atoms with Crippen molar-refractivity contribution < 1.29 is 27.9 Å². The van der Waals surface area contributed by atoms with Crippen LogP contribution in [0.2, 0.25) is 38.3 Å². The van der Waals surface area contributed by atoms with E-state index < -0.39 is 28.7 Å². The van der Waals surface area contributed by atoms with Crippen molar-refractivity contribution in [2.45, 2.75) is 100 Å². The van der Waals surface area contributed by atoms with Gasteiger partial charge in [-0.05, 0) is 58.0 Å². The number of nitrogens with one attached hydrogen (secondary N) is 1. The Morgan fingerprint density at radius 3 is 1.94 bits per heavy atom. The number of rotatable bonds is 17. The zero-order valence-corrected chi connectivity index (χ0v) is 21.9. The predicted molar refractivity (Wildman–Crippen MR) is 146 cm³/mol. The lowest BCUT2D eigenvalue weighted by molar-refractivity contribution is -0.138. The van der Waals surface area contributed by atoms with E-state index in [9.17, 15) is 9.59 Å². The maximum Gasteiger partial charge on any atom is 0.407 e. The standard InChI is InChI=1S/C21H43NO6Si2.3CH4/c1-8-9-17-29(4,5)28-30(6,7)18-11-13-25-15-16-27-21(24)22-12-10-14-26-20(23)19(2)3;;;/h2,8-18H2,1,3-7H3,(H,22,24);3*1H4. The molecule has 0 aliphatic carbocycles. The molecule has 0 spiro atoms. The van der Waals surface area contributed by atoms with Gasteiger partial charge in [-0.3, -0.25) is 0 Å². The molecule has 0 heterocycles. The van der Waals surface area contributed by atoms with Crippen LogP contribution in [0.4, 0.5) is 4.79 Å². The molecule has 0 aliphatic rings. The topological polar surface area (TPSA) is 83.1 Å². The molecule has 0 saturated carbocycles. The molecule has 1 N–H and O–H groups in total. The number of carbonyl (C=O) groups excluding carboxylic acids is 2. The van der Waals surface area contributed by atoms with E-state index in [1.54, 1.807) is 6.92 Å². The third-order valence-electron chi connectivity index (χ3n) is 4.39. The van der Waals surface area contributed by atoms with Crippen LogP contribution in [0.15, 0.2) is 12.2 Å². The van der Waals surface area contributed by atoms with Crippen LogP contribution < -0.4 is 5.32 Å². The van der Waals surface area contributed by atoms with Crippen LogP contribution in [0.3, 0.4) is 0 Å². The Bertz CT molecular complexity index is 527. The van der Waals surface area contributed by atoms with Gasteiger partial charge in [0.05, 0.1) is 13.2 Å². The number of ether oxygens (including phenoxy) is 3. The van der Waals surface area contributed by atoms with Crippen LogP contribution in [0.5, 0.6) is 0 Å². The Kier molecular flexibility index (Phi) is 25.3. The summed E-state index contributed by atoms with van der Waals surface area (Å²) in [5.74, 6) is -0.422. The van der Waals surface area contributed by atoms with Crippen LogP contribution >= 0.6 is 0 Å². The number of amides is 1. The van der Waals surface area contributed by atoms with Gasteiger partial charge in [0.15, 0.2) is 16.6 Å². The molecule has 0 aliphatic heterocycles. The number of esters is 1. The van der Waals surface area contributed by atoms with Crippen molar-refractivity contribution in [3.05, 3.63) is 12.2 Å². The number of carbonyl (C=O) groups is 2. The smallest absolute Gasteiger partial charge is 0.407 e. The lowest BCUT2D eigenvalue weighted by Gasteiger charge is -2.34.